The van der Waals surface area contributed by atoms with E-state index in [0.29, 0.717) is 12.5 Å². The monoisotopic (exact) mass is 184 g/mol. The van der Waals surface area contributed by atoms with E-state index in [1.54, 1.807) is 0 Å². The Morgan fingerprint density at radius 2 is 2.15 bits per heavy atom. The maximum atomic E-state index is 8.08. The predicted molar refractivity (Wildman–Crippen MR) is 55.6 cm³/mol. The average molecular weight is 184 g/mol. The second-order valence-electron chi connectivity index (χ2n) is 3.60. The summed E-state index contributed by atoms with van der Waals surface area (Å²) >= 11 is 0. The van der Waals surface area contributed by atoms with Gasteiger partial charge in [0.25, 0.3) is 0 Å². The van der Waals surface area contributed by atoms with Crippen molar-refractivity contribution in [2.45, 2.75) is 27.2 Å². The van der Waals surface area contributed by atoms with Crippen molar-refractivity contribution in [2.75, 3.05) is 26.2 Å². The van der Waals surface area contributed by atoms with Crippen molar-refractivity contribution < 1.29 is 0 Å². The van der Waals surface area contributed by atoms with Gasteiger partial charge in [0.05, 0.1) is 0 Å². The molecular weight excluding hydrogens is 164 g/mol. The Labute approximate surface area is 80.6 Å². The summed E-state index contributed by atoms with van der Waals surface area (Å²) in [4.78, 5) is 5.11. The van der Waals surface area contributed by atoms with Crippen molar-refractivity contribution in [3.05, 3.63) is 10.4 Å². The molecule has 0 rings (SSSR count). The van der Waals surface area contributed by atoms with E-state index in [1.807, 2.05) is 0 Å². The summed E-state index contributed by atoms with van der Waals surface area (Å²) in [6, 6.07) is 0. The van der Waals surface area contributed by atoms with Gasteiger partial charge in [-0.2, -0.15) is 0 Å². The maximum Gasteiger partial charge on any atom is 0.0270 e. The molecule has 13 heavy (non-hydrogen) atoms. The number of rotatable bonds is 7. The first-order valence-corrected chi connectivity index (χ1v) is 4.93. The van der Waals surface area contributed by atoms with Crippen LogP contribution in [0.15, 0.2) is 5.11 Å². The molecule has 0 aromatic heterocycles. The van der Waals surface area contributed by atoms with Crippen molar-refractivity contribution in [3.8, 4) is 0 Å². The summed E-state index contributed by atoms with van der Waals surface area (Å²) in [5, 5.41) is 3.51. The minimum absolute atomic E-state index is 0.616. The van der Waals surface area contributed by atoms with E-state index in [1.165, 1.54) is 0 Å². The number of azide groups is 1. The Balaban J connectivity index is 3.53. The molecule has 0 aromatic carbocycles. The zero-order chi connectivity index (χ0) is 10.1. The van der Waals surface area contributed by atoms with Gasteiger partial charge in [0.2, 0.25) is 0 Å². The first kappa shape index (κ1) is 12.3. The van der Waals surface area contributed by atoms with E-state index in [-0.39, 0.29) is 0 Å². The lowest BCUT2D eigenvalue weighted by Gasteiger charge is -2.21. The van der Waals surface area contributed by atoms with E-state index >= 15 is 0 Å². The van der Waals surface area contributed by atoms with Crippen molar-refractivity contribution in [2.24, 2.45) is 11.0 Å². The van der Waals surface area contributed by atoms with Crippen molar-refractivity contribution in [3.63, 3.8) is 0 Å². The van der Waals surface area contributed by atoms with Crippen molar-refractivity contribution >= 4 is 0 Å². The molecule has 0 fully saturated rings. The Morgan fingerprint density at radius 3 is 2.62 bits per heavy atom. The van der Waals surface area contributed by atoms with Gasteiger partial charge in [-0.15, -0.1) is 0 Å². The van der Waals surface area contributed by atoms with Crippen LogP contribution in [-0.2, 0) is 0 Å². The molecule has 0 unspecified atom stereocenters. The van der Waals surface area contributed by atoms with Gasteiger partial charge in [-0.05, 0) is 31.0 Å². The lowest BCUT2D eigenvalue weighted by molar-refractivity contribution is 0.255. The number of hydrogen-bond acceptors (Lipinski definition) is 2. The van der Waals surface area contributed by atoms with E-state index in [4.69, 9.17) is 5.53 Å². The summed E-state index contributed by atoms with van der Waals surface area (Å²) in [7, 11) is 0. The van der Waals surface area contributed by atoms with Gasteiger partial charge in [0, 0.05) is 18.0 Å². The Hall–Kier alpha value is -0.730. The Morgan fingerprint density at radius 1 is 1.46 bits per heavy atom. The van der Waals surface area contributed by atoms with Crippen molar-refractivity contribution in [1.82, 2.24) is 4.90 Å². The summed E-state index contributed by atoms with van der Waals surface area (Å²) in [5.74, 6) is 0.708. The van der Waals surface area contributed by atoms with Crippen LogP contribution >= 0.6 is 0 Å². The lowest BCUT2D eigenvalue weighted by atomic mass is 10.2. The normalized spacial score (nSPS) is 10.5. The van der Waals surface area contributed by atoms with E-state index in [9.17, 15) is 0 Å². The molecule has 76 valence electrons. The predicted octanol–water partition coefficient (Wildman–Crippen LogP) is 2.66. The van der Waals surface area contributed by atoms with Gasteiger partial charge < -0.3 is 4.90 Å². The Bertz CT molecular complexity index is 161. The van der Waals surface area contributed by atoms with Crippen LogP contribution in [0.5, 0.6) is 0 Å². The van der Waals surface area contributed by atoms with Gasteiger partial charge >= 0.3 is 0 Å². The molecule has 0 saturated heterocycles. The summed E-state index contributed by atoms with van der Waals surface area (Å²) in [6.07, 6.45) is 0.963. The summed E-state index contributed by atoms with van der Waals surface area (Å²) in [5.41, 5.74) is 8.08. The molecule has 0 atom stereocenters. The molecule has 4 heteroatoms. The molecule has 0 spiro atoms. The second-order valence-corrected chi connectivity index (χ2v) is 3.60. The van der Waals surface area contributed by atoms with Gasteiger partial charge in [0.15, 0.2) is 0 Å². The SMILES string of the molecule is CCN(CCCN=[N+]=[N-])CC(C)C. The van der Waals surface area contributed by atoms with Crippen LogP contribution in [0.25, 0.3) is 10.4 Å². The maximum absolute atomic E-state index is 8.08. The first-order valence-electron chi connectivity index (χ1n) is 4.93. The quantitative estimate of drug-likeness (QED) is 0.260. The molecule has 0 aliphatic rings. The molecular formula is C9H20N4. The first-order chi connectivity index (χ1) is 6.20. The van der Waals surface area contributed by atoms with Crippen LogP contribution in [0.3, 0.4) is 0 Å². The summed E-state index contributed by atoms with van der Waals surface area (Å²) in [6.45, 7) is 10.5. The Kier molecular flexibility index (Phi) is 7.45. The van der Waals surface area contributed by atoms with Gasteiger partial charge in [-0.25, -0.2) is 0 Å². The van der Waals surface area contributed by atoms with Crippen LogP contribution < -0.4 is 0 Å². The third-order valence-electron chi connectivity index (χ3n) is 1.87. The molecule has 0 aromatic rings. The molecule has 4 nitrogen and oxygen atoms in total. The number of hydrogen-bond donors (Lipinski definition) is 0. The van der Waals surface area contributed by atoms with Gasteiger partial charge in [0.1, 0.15) is 0 Å². The molecule has 0 aliphatic heterocycles. The third-order valence-corrected chi connectivity index (χ3v) is 1.87. The highest BCUT2D eigenvalue weighted by molar-refractivity contribution is 4.59. The van der Waals surface area contributed by atoms with Crippen LogP contribution in [0, 0.1) is 5.92 Å². The molecule has 0 saturated carbocycles. The topological polar surface area (TPSA) is 52.0 Å². The highest BCUT2D eigenvalue weighted by Gasteiger charge is 2.03. The van der Waals surface area contributed by atoms with E-state index < -0.39 is 0 Å². The molecule has 0 bridgehead atoms. The zero-order valence-corrected chi connectivity index (χ0v) is 8.90. The molecule has 0 N–H and O–H groups in total. The highest BCUT2D eigenvalue weighted by atomic mass is 15.1. The fraction of sp³-hybridized carbons (Fsp3) is 1.00. The van der Waals surface area contributed by atoms with Gasteiger partial charge in [-0.3, -0.25) is 0 Å². The standard InChI is InChI=1S/C9H20N4/c1-4-13(8-9(2)3)7-5-6-11-12-10/h9H,4-8H2,1-3H3. The minimum Gasteiger partial charge on any atom is -0.303 e. The van der Waals surface area contributed by atoms with Crippen LogP contribution in [0.4, 0.5) is 0 Å². The zero-order valence-electron chi connectivity index (χ0n) is 8.90. The molecule has 0 amide bonds. The van der Waals surface area contributed by atoms with E-state index in [0.717, 1.165) is 26.1 Å². The largest absolute Gasteiger partial charge is 0.303 e. The summed E-state index contributed by atoms with van der Waals surface area (Å²) < 4.78 is 0. The second kappa shape index (κ2) is 7.90. The minimum atomic E-state index is 0.616. The fourth-order valence-corrected chi connectivity index (χ4v) is 1.30. The molecule has 0 heterocycles. The molecule has 0 radical (unpaired) electrons. The van der Waals surface area contributed by atoms with Crippen LogP contribution in [0.2, 0.25) is 0 Å². The molecule has 0 aliphatic carbocycles. The number of nitrogens with zero attached hydrogens (tertiary/aromatic N) is 4. The lowest BCUT2D eigenvalue weighted by Crippen LogP contribution is -2.28. The fourth-order valence-electron chi connectivity index (χ4n) is 1.30. The average Bonchev–Trinajstić information content (AvgIpc) is 2.09. The highest BCUT2D eigenvalue weighted by Crippen LogP contribution is 1.99. The van der Waals surface area contributed by atoms with E-state index in [2.05, 4.69) is 35.7 Å². The third kappa shape index (κ3) is 7.62. The van der Waals surface area contributed by atoms with Crippen molar-refractivity contribution in [1.29, 1.82) is 0 Å². The van der Waals surface area contributed by atoms with Gasteiger partial charge in [-0.1, -0.05) is 25.9 Å². The van der Waals surface area contributed by atoms with Crippen LogP contribution in [0.1, 0.15) is 27.2 Å². The smallest absolute Gasteiger partial charge is 0.0270 e. The van der Waals surface area contributed by atoms with Crippen LogP contribution in [-0.4, -0.2) is 31.1 Å².